The Balaban J connectivity index is 1.92. The second kappa shape index (κ2) is 6.20. The fourth-order valence-electron chi connectivity index (χ4n) is 2.90. The van der Waals surface area contributed by atoms with Gasteiger partial charge in [-0.05, 0) is 12.0 Å². The van der Waals surface area contributed by atoms with Crippen LogP contribution in [0.25, 0.3) is 0 Å². The van der Waals surface area contributed by atoms with Crippen LogP contribution in [-0.4, -0.2) is 44.3 Å². The minimum absolute atomic E-state index is 0.601. The van der Waals surface area contributed by atoms with Gasteiger partial charge in [0.25, 0.3) is 0 Å². The summed E-state index contributed by atoms with van der Waals surface area (Å²) in [7, 11) is 0. The lowest BCUT2D eigenvalue weighted by Crippen LogP contribution is -2.43. The predicted molar refractivity (Wildman–Crippen MR) is 80.0 cm³/mol. The van der Waals surface area contributed by atoms with Gasteiger partial charge in [-0.3, -0.25) is 4.90 Å². The van der Waals surface area contributed by atoms with Gasteiger partial charge in [0.2, 0.25) is 0 Å². The highest BCUT2D eigenvalue weighted by atomic mass is 35.5. The first-order chi connectivity index (χ1) is 9.79. The molecular weight excluding hydrogens is 276 g/mol. The molecule has 0 atom stereocenters. The average Bonchev–Trinajstić information content (AvgIpc) is 2.49. The summed E-state index contributed by atoms with van der Waals surface area (Å²) in [5.41, 5.74) is 2.39. The topological polar surface area (TPSA) is 33.7 Å². The van der Waals surface area contributed by atoms with Crippen molar-refractivity contribution in [3.63, 3.8) is 0 Å². The summed E-state index contributed by atoms with van der Waals surface area (Å²) in [6, 6.07) is 1.91. The maximum atomic E-state index is 6.49. The highest BCUT2D eigenvalue weighted by molar-refractivity contribution is 6.31. The third kappa shape index (κ3) is 2.73. The maximum Gasteiger partial charge on any atom is 0.164 e. The number of rotatable bonds is 3. The number of benzene rings is 1. The van der Waals surface area contributed by atoms with Gasteiger partial charge in [0.05, 0.1) is 0 Å². The van der Waals surface area contributed by atoms with Crippen LogP contribution in [0.3, 0.4) is 0 Å². The first-order valence-electron chi connectivity index (χ1n) is 7.32. The number of hydrogen-bond acceptors (Lipinski definition) is 4. The molecule has 1 N–H and O–H groups in total. The summed E-state index contributed by atoms with van der Waals surface area (Å²) < 4.78 is 11.5. The number of halogens is 1. The van der Waals surface area contributed by atoms with Crippen molar-refractivity contribution in [2.24, 2.45) is 0 Å². The van der Waals surface area contributed by atoms with Crippen molar-refractivity contribution in [1.82, 2.24) is 10.2 Å². The van der Waals surface area contributed by atoms with Gasteiger partial charge < -0.3 is 14.8 Å². The van der Waals surface area contributed by atoms with Crippen molar-refractivity contribution in [2.45, 2.75) is 19.9 Å². The Bertz CT molecular complexity index is 487. The van der Waals surface area contributed by atoms with E-state index in [9.17, 15) is 0 Å². The van der Waals surface area contributed by atoms with Gasteiger partial charge in [0.1, 0.15) is 13.2 Å². The monoisotopic (exact) mass is 296 g/mol. The molecule has 0 bridgehead atoms. The molecule has 0 radical (unpaired) electrons. The van der Waals surface area contributed by atoms with Gasteiger partial charge in [-0.1, -0.05) is 18.5 Å². The van der Waals surface area contributed by atoms with Crippen molar-refractivity contribution in [2.75, 3.05) is 39.4 Å². The van der Waals surface area contributed by atoms with E-state index in [0.29, 0.717) is 13.2 Å². The number of nitrogens with zero attached hydrogens (tertiary/aromatic N) is 1. The second-order valence-corrected chi connectivity index (χ2v) is 5.63. The van der Waals surface area contributed by atoms with Gasteiger partial charge in [0.15, 0.2) is 11.5 Å². The first kappa shape index (κ1) is 14.0. The Morgan fingerprint density at radius 1 is 1.20 bits per heavy atom. The largest absolute Gasteiger partial charge is 0.486 e. The molecule has 0 aliphatic carbocycles. The molecule has 5 heteroatoms. The zero-order chi connectivity index (χ0) is 13.9. The third-order valence-corrected chi connectivity index (χ3v) is 4.28. The molecule has 1 fully saturated rings. The number of fused-ring (bicyclic) bond motifs is 1. The van der Waals surface area contributed by atoms with Gasteiger partial charge in [-0.15, -0.1) is 0 Å². The lowest BCUT2D eigenvalue weighted by molar-refractivity contribution is 0.169. The summed E-state index contributed by atoms with van der Waals surface area (Å²) in [6.07, 6.45) is 0.910. The Labute approximate surface area is 125 Å². The molecule has 3 rings (SSSR count). The zero-order valence-corrected chi connectivity index (χ0v) is 12.6. The molecule has 0 spiro atoms. The van der Waals surface area contributed by atoms with E-state index in [-0.39, 0.29) is 0 Å². The summed E-state index contributed by atoms with van der Waals surface area (Å²) in [5, 5.41) is 4.17. The van der Waals surface area contributed by atoms with Crippen LogP contribution < -0.4 is 14.8 Å². The average molecular weight is 297 g/mol. The van der Waals surface area contributed by atoms with E-state index >= 15 is 0 Å². The lowest BCUT2D eigenvalue weighted by Gasteiger charge is -2.30. The summed E-state index contributed by atoms with van der Waals surface area (Å²) in [6.45, 7) is 8.47. The minimum Gasteiger partial charge on any atom is -0.486 e. The molecule has 2 aliphatic rings. The molecule has 110 valence electrons. The summed E-state index contributed by atoms with van der Waals surface area (Å²) in [5.74, 6) is 1.69. The lowest BCUT2D eigenvalue weighted by atomic mass is 10.0. The molecule has 20 heavy (non-hydrogen) atoms. The van der Waals surface area contributed by atoms with Crippen LogP contribution in [0, 0.1) is 0 Å². The predicted octanol–water partition coefficient (Wildman–Crippen LogP) is 2.08. The Kier molecular flexibility index (Phi) is 4.34. The van der Waals surface area contributed by atoms with Crippen molar-refractivity contribution in [1.29, 1.82) is 0 Å². The van der Waals surface area contributed by atoms with Crippen molar-refractivity contribution >= 4 is 11.6 Å². The standard InChI is InChI=1S/C15H21ClN2O2/c1-2-11-12(10-18-5-3-17-4-6-18)13(16)9-14-15(11)20-8-7-19-14/h9,17H,2-8,10H2,1H3. The van der Waals surface area contributed by atoms with Gasteiger partial charge in [-0.2, -0.15) is 0 Å². The number of piperazine rings is 1. The highest BCUT2D eigenvalue weighted by Crippen LogP contribution is 2.40. The SMILES string of the molecule is CCc1c(CN2CCNCC2)c(Cl)cc2c1OCCO2. The van der Waals surface area contributed by atoms with Crippen LogP contribution in [0.1, 0.15) is 18.1 Å². The molecular formula is C15H21ClN2O2. The van der Waals surface area contributed by atoms with Gasteiger partial charge >= 0.3 is 0 Å². The Morgan fingerprint density at radius 3 is 2.70 bits per heavy atom. The number of nitrogens with one attached hydrogen (secondary N) is 1. The van der Waals surface area contributed by atoms with E-state index < -0.39 is 0 Å². The molecule has 2 aliphatic heterocycles. The fourth-order valence-corrected chi connectivity index (χ4v) is 3.17. The van der Waals surface area contributed by atoms with Gasteiger partial charge in [-0.25, -0.2) is 0 Å². The molecule has 2 heterocycles. The van der Waals surface area contributed by atoms with Crippen LogP contribution in [0.4, 0.5) is 0 Å². The Hall–Kier alpha value is -0.970. The van der Waals surface area contributed by atoms with E-state index in [1.165, 1.54) is 11.1 Å². The molecule has 1 aromatic carbocycles. The second-order valence-electron chi connectivity index (χ2n) is 5.22. The molecule has 0 saturated carbocycles. The molecule has 0 amide bonds. The molecule has 4 nitrogen and oxygen atoms in total. The van der Waals surface area contributed by atoms with Crippen molar-refractivity contribution < 1.29 is 9.47 Å². The van der Waals surface area contributed by atoms with Crippen LogP contribution in [-0.2, 0) is 13.0 Å². The normalized spacial score (nSPS) is 19.1. The van der Waals surface area contributed by atoms with E-state index in [4.69, 9.17) is 21.1 Å². The summed E-state index contributed by atoms with van der Waals surface area (Å²) in [4.78, 5) is 2.44. The van der Waals surface area contributed by atoms with Crippen LogP contribution in [0.15, 0.2) is 6.07 Å². The van der Waals surface area contributed by atoms with E-state index in [1.54, 1.807) is 0 Å². The van der Waals surface area contributed by atoms with Crippen LogP contribution in [0.5, 0.6) is 11.5 Å². The number of ether oxygens (including phenoxy) is 2. The van der Waals surface area contributed by atoms with E-state index in [0.717, 1.165) is 55.7 Å². The van der Waals surface area contributed by atoms with Crippen molar-refractivity contribution in [3.8, 4) is 11.5 Å². The quantitative estimate of drug-likeness (QED) is 0.926. The first-order valence-corrected chi connectivity index (χ1v) is 7.70. The van der Waals surface area contributed by atoms with Crippen LogP contribution in [0.2, 0.25) is 5.02 Å². The zero-order valence-electron chi connectivity index (χ0n) is 11.9. The minimum atomic E-state index is 0.601. The third-order valence-electron chi connectivity index (χ3n) is 3.94. The summed E-state index contributed by atoms with van der Waals surface area (Å²) >= 11 is 6.49. The van der Waals surface area contributed by atoms with Crippen molar-refractivity contribution in [3.05, 3.63) is 22.2 Å². The van der Waals surface area contributed by atoms with Gasteiger partial charge in [0, 0.05) is 49.4 Å². The smallest absolute Gasteiger partial charge is 0.164 e. The van der Waals surface area contributed by atoms with Crippen LogP contribution >= 0.6 is 11.6 Å². The highest BCUT2D eigenvalue weighted by Gasteiger charge is 2.23. The molecule has 1 saturated heterocycles. The van der Waals surface area contributed by atoms with E-state index in [2.05, 4.69) is 17.1 Å². The molecule has 0 aromatic heterocycles. The fraction of sp³-hybridized carbons (Fsp3) is 0.600. The van der Waals surface area contributed by atoms with E-state index in [1.807, 2.05) is 6.07 Å². The Morgan fingerprint density at radius 2 is 1.95 bits per heavy atom. The molecule has 1 aromatic rings. The number of hydrogen-bond donors (Lipinski definition) is 1. The maximum absolute atomic E-state index is 6.49. The molecule has 0 unspecified atom stereocenters.